The Bertz CT molecular complexity index is 244. The van der Waals surface area contributed by atoms with Crippen LogP contribution in [-0.2, 0) is 0 Å². The number of rotatable bonds is 2. The number of ether oxygens (including phenoxy) is 1. The molecule has 0 unspecified atom stereocenters. The molecule has 0 heterocycles. The highest BCUT2D eigenvalue weighted by molar-refractivity contribution is 5.41. The van der Waals surface area contributed by atoms with Crippen molar-refractivity contribution < 1.29 is 9.84 Å². The number of phenolic OH excluding ortho intramolecular Hbond substituents is 1. The van der Waals surface area contributed by atoms with E-state index in [-0.39, 0.29) is 5.75 Å². The molecule has 0 saturated carbocycles. The van der Waals surface area contributed by atoms with Crippen molar-refractivity contribution in [3.8, 4) is 11.5 Å². The van der Waals surface area contributed by atoms with Crippen LogP contribution in [0.1, 0.15) is 40.2 Å². The highest BCUT2D eigenvalue weighted by atomic mass is 16.5. The fourth-order valence-corrected chi connectivity index (χ4v) is 0.905. The molecule has 0 radical (unpaired) electrons. The van der Waals surface area contributed by atoms with Gasteiger partial charge in [-0.15, -0.1) is 0 Å². The summed E-state index contributed by atoms with van der Waals surface area (Å²) < 4.78 is 5.14. The number of aromatic hydroxyl groups is 1. The lowest BCUT2D eigenvalue weighted by atomic mass is 10.2. The Labute approximate surface area is 93.9 Å². The number of aryl methyl sites for hydroxylation is 1. The SMILES string of the molecule is CC.CC.CCOc1ccc(C)cc1O. The molecule has 1 rings (SSSR count). The third kappa shape index (κ3) is 6.83. The number of hydrogen-bond donors (Lipinski definition) is 1. The summed E-state index contributed by atoms with van der Waals surface area (Å²) in [6.45, 7) is 12.4. The highest BCUT2D eigenvalue weighted by Gasteiger charge is 1.99. The number of phenols is 1. The van der Waals surface area contributed by atoms with Crippen LogP contribution in [0.4, 0.5) is 0 Å². The Morgan fingerprint density at radius 3 is 2.07 bits per heavy atom. The second kappa shape index (κ2) is 10.9. The predicted molar refractivity (Wildman–Crippen MR) is 66.7 cm³/mol. The molecule has 0 fully saturated rings. The average Bonchev–Trinajstić information content (AvgIpc) is 2.28. The minimum atomic E-state index is 0.215. The number of hydrogen-bond acceptors (Lipinski definition) is 2. The van der Waals surface area contributed by atoms with Crippen molar-refractivity contribution in [1.29, 1.82) is 0 Å². The van der Waals surface area contributed by atoms with Crippen molar-refractivity contribution >= 4 is 0 Å². The molecule has 0 bridgehead atoms. The fourth-order valence-electron chi connectivity index (χ4n) is 0.905. The van der Waals surface area contributed by atoms with Crippen LogP contribution in [0, 0.1) is 6.92 Å². The lowest BCUT2D eigenvalue weighted by Gasteiger charge is -2.04. The molecule has 88 valence electrons. The largest absolute Gasteiger partial charge is 0.504 e. The van der Waals surface area contributed by atoms with Gasteiger partial charge in [-0.1, -0.05) is 33.8 Å². The second-order valence-electron chi connectivity index (χ2n) is 2.40. The summed E-state index contributed by atoms with van der Waals surface area (Å²) in [7, 11) is 0. The van der Waals surface area contributed by atoms with Crippen LogP contribution < -0.4 is 4.74 Å². The van der Waals surface area contributed by atoms with E-state index in [9.17, 15) is 5.11 Å². The van der Waals surface area contributed by atoms with Gasteiger partial charge in [0.1, 0.15) is 0 Å². The van der Waals surface area contributed by atoms with Crippen LogP contribution >= 0.6 is 0 Å². The first-order valence-electron chi connectivity index (χ1n) is 5.66. The smallest absolute Gasteiger partial charge is 0.160 e. The fraction of sp³-hybridized carbons (Fsp3) is 0.538. The third-order valence-electron chi connectivity index (χ3n) is 1.41. The van der Waals surface area contributed by atoms with Crippen LogP contribution in [0.2, 0.25) is 0 Å². The summed E-state index contributed by atoms with van der Waals surface area (Å²) in [4.78, 5) is 0. The minimum absolute atomic E-state index is 0.215. The summed E-state index contributed by atoms with van der Waals surface area (Å²) in [5, 5.41) is 9.30. The molecule has 0 aliphatic heterocycles. The zero-order valence-electron chi connectivity index (χ0n) is 10.8. The first-order chi connectivity index (χ1) is 7.24. The quantitative estimate of drug-likeness (QED) is 0.798. The van der Waals surface area contributed by atoms with Gasteiger partial charge in [-0.05, 0) is 31.5 Å². The minimum Gasteiger partial charge on any atom is -0.504 e. The molecule has 1 aromatic carbocycles. The molecule has 0 saturated heterocycles. The van der Waals surface area contributed by atoms with Crippen LogP contribution in [0.5, 0.6) is 11.5 Å². The summed E-state index contributed by atoms with van der Waals surface area (Å²) in [6.07, 6.45) is 0. The topological polar surface area (TPSA) is 29.5 Å². The average molecular weight is 212 g/mol. The molecule has 0 amide bonds. The van der Waals surface area contributed by atoms with E-state index in [1.54, 1.807) is 12.1 Å². The van der Waals surface area contributed by atoms with Crippen LogP contribution in [0.15, 0.2) is 18.2 Å². The highest BCUT2D eigenvalue weighted by Crippen LogP contribution is 2.25. The van der Waals surface area contributed by atoms with E-state index in [0.717, 1.165) is 5.56 Å². The Morgan fingerprint density at radius 1 is 1.13 bits per heavy atom. The Hall–Kier alpha value is -1.18. The Morgan fingerprint density at radius 2 is 1.67 bits per heavy atom. The molecular formula is C13H24O2. The van der Waals surface area contributed by atoms with E-state index in [1.807, 2.05) is 47.6 Å². The van der Waals surface area contributed by atoms with Gasteiger partial charge in [0.15, 0.2) is 11.5 Å². The maximum Gasteiger partial charge on any atom is 0.160 e. The van der Waals surface area contributed by atoms with Crippen molar-refractivity contribution in [1.82, 2.24) is 0 Å². The maximum atomic E-state index is 9.30. The first kappa shape index (κ1) is 16.3. The summed E-state index contributed by atoms with van der Waals surface area (Å²) in [5.41, 5.74) is 1.03. The number of benzene rings is 1. The van der Waals surface area contributed by atoms with Crippen molar-refractivity contribution in [3.05, 3.63) is 23.8 Å². The van der Waals surface area contributed by atoms with E-state index in [0.29, 0.717) is 12.4 Å². The van der Waals surface area contributed by atoms with Gasteiger partial charge in [-0.3, -0.25) is 0 Å². The van der Waals surface area contributed by atoms with E-state index < -0.39 is 0 Å². The van der Waals surface area contributed by atoms with Gasteiger partial charge in [0, 0.05) is 0 Å². The molecule has 1 aromatic rings. The molecule has 2 nitrogen and oxygen atoms in total. The van der Waals surface area contributed by atoms with Crippen LogP contribution in [-0.4, -0.2) is 11.7 Å². The van der Waals surface area contributed by atoms with Crippen molar-refractivity contribution in [2.45, 2.75) is 41.5 Å². The molecule has 2 heteroatoms. The monoisotopic (exact) mass is 212 g/mol. The molecule has 0 aliphatic rings. The summed E-state index contributed by atoms with van der Waals surface area (Å²) >= 11 is 0. The first-order valence-corrected chi connectivity index (χ1v) is 5.66. The van der Waals surface area contributed by atoms with Gasteiger partial charge in [0.2, 0.25) is 0 Å². The summed E-state index contributed by atoms with van der Waals surface area (Å²) in [5.74, 6) is 0.768. The molecule has 15 heavy (non-hydrogen) atoms. The molecule has 0 aliphatic carbocycles. The lowest BCUT2D eigenvalue weighted by Crippen LogP contribution is -1.91. The van der Waals surface area contributed by atoms with E-state index in [4.69, 9.17) is 4.74 Å². The predicted octanol–water partition coefficient (Wildman–Crippen LogP) is 4.15. The molecular weight excluding hydrogens is 188 g/mol. The van der Waals surface area contributed by atoms with E-state index >= 15 is 0 Å². The van der Waals surface area contributed by atoms with Gasteiger partial charge in [0.05, 0.1) is 6.61 Å². The summed E-state index contributed by atoms with van der Waals surface area (Å²) in [6, 6.07) is 5.36. The zero-order chi connectivity index (χ0) is 12.3. The van der Waals surface area contributed by atoms with Gasteiger partial charge in [0.25, 0.3) is 0 Å². The van der Waals surface area contributed by atoms with Crippen molar-refractivity contribution in [2.75, 3.05) is 6.61 Å². The molecule has 0 aromatic heterocycles. The van der Waals surface area contributed by atoms with Crippen molar-refractivity contribution in [3.63, 3.8) is 0 Å². The maximum absolute atomic E-state index is 9.30. The Kier molecular flexibility index (Phi) is 11.8. The van der Waals surface area contributed by atoms with E-state index in [1.165, 1.54) is 0 Å². The standard InChI is InChI=1S/C9H12O2.2C2H6/c1-3-11-9-5-4-7(2)6-8(9)10;2*1-2/h4-6,10H,3H2,1-2H3;2*1-2H3. The molecule has 0 spiro atoms. The van der Waals surface area contributed by atoms with Gasteiger partial charge in [-0.25, -0.2) is 0 Å². The van der Waals surface area contributed by atoms with Crippen LogP contribution in [0.3, 0.4) is 0 Å². The van der Waals surface area contributed by atoms with Gasteiger partial charge >= 0.3 is 0 Å². The zero-order valence-corrected chi connectivity index (χ0v) is 10.8. The molecule has 0 atom stereocenters. The Balaban J connectivity index is 0. The van der Waals surface area contributed by atoms with E-state index in [2.05, 4.69) is 0 Å². The van der Waals surface area contributed by atoms with Gasteiger partial charge < -0.3 is 9.84 Å². The second-order valence-corrected chi connectivity index (χ2v) is 2.40. The lowest BCUT2D eigenvalue weighted by molar-refractivity contribution is 0.318. The molecule has 1 N–H and O–H groups in total. The third-order valence-corrected chi connectivity index (χ3v) is 1.41. The van der Waals surface area contributed by atoms with Crippen molar-refractivity contribution in [2.24, 2.45) is 0 Å². The van der Waals surface area contributed by atoms with Crippen LogP contribution in [0.25, 0.3) is 0 Å². The van der Waals surface area contributed by atoms with Gasteiger partial charge in [-0.2, -0.15) is 0 Å². The normalized spacial score (nSPS) is 7.87.